The van der Waals surface area contributed by atoms with Crippen LogP contribution in [0.25, 0.3) is 0 Å². The van der Waals surface area contributed by atoms with Gasteiger partial charge >= 0.3 is 0 Å². The van der Waals surface area contributed by atoms with Crippen molar-refractivity contribution in [1.29, 1.82) is 0 Å². The summed E-state index contributed by atoms with van der Waals surface area (Å²) in [5, 5.41) is 7.16. The van der Waals surface area contributed by atoms with Gasteiger partial charge in [0.2, 0.25) is 0 Å². The number of benzene rings is 4. The molecule has 4 heterocycles. The van der Waals surface area contributed by atoms with Gasteiger partial charge in [-0.1, -0.05) is 121 Å². The predicted molar refractivity (Wildman–Crippen MR) is 210 cm³/mol. The fourth-order valence-electron chi connectivity index (χ4n) is 8.90. The molecule has 3 aliphatic rings. The lowest BCUT2D eigenvalue weighted by Crippen LogP contribution is -2.59. The Morgan fingerprint density at radius 1 is 0.792 bits per heavy atom. The molecule has 0 bridgehead atoms. The molecule has 3 unspecified atom stereocenters. The van der Waals surface area contributed by atoms with Crippen molar-refractivity contribution in [1.82, 2.24) is 20.2 Å². The summed E-state index contributed by atoms with van der Waals surface area (Å²) in [6.45, 7) is 4.50. The van der Waals surface area contributed by atoms with Gasteiger partial charge < -0.3 is 15.5 Å². The number of para-hydroxylation sites is 1. The van der Waals surface area contributed by atoms with Crippen molar-refractivity contribution in [3.8, 4) is 0 Å². The van der Waals surface area contributed by atoms with Gasteiger partial charge in [0.05, 0.1) is 41.3 Å². The molecule has 0 saturated carbocycles. The van der Waals surface area contributed by atoms with Crippen LogP contribution in [0.3, 0.4) is 0 Å². The summed E-state index contributed by atoms with van der Waals surface area (Å²) in [5.41, 5.74) is 8.09. The molecule has 1 spiro atoms. The molecule has 6 aromatic rings. The van der Waals surface area contributed by atoms with Gasteiger partial charge in [0.1, 0.15) is 5.54 Å². The second kappa shape index (κ2) is 13.0. The van der Waals surface area contributed by atoms with E-state index in [0.717, 1.165) is 50.7 Å². The highest BCUT2D eigenvalue weighted by atomic mass is 16.1. The van der Waals surface area contributed by atoms with Crippen LogP contribution in [0, 0.1) is 6.92 Å². The van der Waals surface area contributed by atoms with E-state index in [1.54, 1.807) is 0 Å². The highest BCUT2D eigenvalue weighted by Gasteiger charge is 2.66. The van der Waals surface area contributed by atoms with Crippen molar-refractivity contribution in [3.63, 3.8) is 0 Å². The second-order valence-electron chi connectivity index (χ2n) is 14.0. The number of aryl methyl sites for hydroxylation is 1. The molecule has 7 nitrogen and oxygen atoms in total. The minimum Gasteiger partial charge on any atom is -0.356 e. The minimum absolute atomic E-state index is 0.155. The molecule has 7 heteroatoms. The first kappa shape index (κ1) is 32.6. The lowest BCUT2D eigenvalue weighted by Gasteiger charge is -2.52. The Kier molecular flexibility index (Phi) is 8.01. The molecule has 4 aromatic carbocycles. The Labute approximate surface area is 310 Å². The zero-order valence-electron chi connectivity index (χ0n) is 29.7. The zero-order chi connectivity index (χ0) is 36.0. The molecule has 9 rings (SSSR count). The second-order valence-corrected chi connectivity index (χ2v) is 14.0. The molecule has 1 fully saturated rings. The van der Waals surface area contributed by atoms with Crippen LogP contribution in [0.4, 0.5) is 11.4 Å². The number of anilines is 2. The molecule has 260 valence electrons. The normalized spacial score (nSPS) is 19.6. The van der Waals surface area contributed by atoms with Gasteiger partial charge in [0, 0.05) is 35.0 Å². The highest BCUT2D eigenvalue weighted by Crippen LogP contribution is 2.62. The molecule has 53 heavy (non-hydrogen) atoms. The third-order valence-corrected chi connectivity index (χ3v) is 11.1. The summed E-state index contributed by atoms with van der Waals surface area (Å²) in [6.07, 6.45) is 7.94. The highest BCUT2D eigenvalue weighted by molar-refractivity contribution is 6.00. The van der Waals surface area contributed by atoms with Gasteiger partial charge in [-0.25, -0.2) is 0 Å². The molecule has 2 aromatic heterocycles. The Balaban J connectivity index is 1.35. The number of nitrogens with one attached hydrogen (secondary N) is 2. The molecule has 1 aliphatic carbocycles. The third kappa shape index (κ3) is 5.03. The number of amides is 1. The molecule has 2 N–H and O–H groups in total. The van der Waals surface area contributed by atoms with E-state index >= 15 is 0 Å². The van der Waals surface area contributed by atoms with Gasteiger partial charge in [0.25, 0.3) is 5.91 Å². The number of carbonyl (C=O) groups excluding carboxylic acids is 1. The van der Waals surface area contributed by atoms with Crippen molar-refractivity contribution >= 4 is 17.3 Å². The number of carbonyl (C=O) groups is 1. The topological polar surface area (TPSA) is 73.4 Å². The lowest BCUT2D eigenvalue weighted by atomic mass is 9.69. The Bertz CT molecular complexity index is 2250. The van der Waals surface area contributed by atoms with Crippen LogP contribution < -0.4 is 15.5 Å². The Hall–Kier alpha value is -6.31. The van der Waals surface area contributed by atoms with Gasteiger partial charge in [-0.15, -0.1) is 0 Å². The van der Waals surface area contributed by atoms with E-state index in [1.807, 2.05) is 50.5 Å². The smallest absolute Gasteiger partial charge is 0.253 e. The van der Waals surface area contributed by atoms with E-state index in [4.69, 9.17) is 4.98 Å². The fourth-order valence-corrected chi connectivity index (χ4v) is 8.90. The van der Waals surface area contributed by atoms with Crippen molar-refractivity contribution < 1.29 is 4.79 Å². The number of pyridine rings is 2. The van der Waals surface area contributed by atoms with Crippen LogP contribution in [-0.4, -0.2) is 33.5 Å². The van der Waals surface area contributed by atoms with Crippen molar-refractivity contribution in [2.75, 3.05) is 16.9 Å². The van der Waals surface area contributed by atoms with Crippen LogP contribution in [-0.2, 0) is 15.9 Å². The van der Waals surface area contributed by atoms with E-state index < -0.39 is 11.1 Å². The Morgan fingerprint density at radius 3 is 2.02 bits per heavy atom. The molecular weight excluding hydrogens is 653 g/mol. The summed E-state index contributed by atoms with van der Waals surface area (Å²) in [6, 6.07) is 50.5. The SMILES string of the molecule is Cc1cccc(C(C)NC(=O)C2=C3Nc4ccccc4C34C(C=C2)N(c2ccncc2)CN4C(c2ccccc2)(c2ccccc2)c2ccccc2)n1. The maximum Gasteiger partial charge on any atom is 0.253 e. The predicted octanol–water partition coefficient (Wildman–Crippen LogP) is 8.25. The summed E-state index contributed by atoms with van der Waals surface area (Å²) in [5.74, 6) is -0.155. The van der Waals surface area contributed by atoms with E-state index in [-0.39, 0.29) is 18.0 Å². The third-order valence-electron chi connectivity index (χ3n) is 11.1. The number of hydrogen-bond donors (Lipinski definition) is 2. The fraction of sp³-hybridized carbons (Fsp3) is 0.152. The number of rotatable bonds is 8. The van der Waals surface area contributed by atoms with Crippen molar-refractivity contribution in [2.45, 2.75) is 37.0 Å². The minimum atomic E-state index is -0.840. The van der Waals surface area contributed by atoms with Crippen molar-refractivity contribution in [2.24, 2.45) is 0 Å². The number of fused-ring (bicyclic) bond motifs is 1. The van der Waals surface area contributed by atoms with Gasteiger partial charge in [0.15, 0.2) is 0 Å². The average molecular weight is 693 g/mol. The summed E-state index contributed by atoms with van der Waals surface area (Å²) < 4.78 is 0. The maximum atomic E-state index is 14.7. The molecule has 1 saturated heterocycles. The zero-order valence-corrected chi connectivity index (χ0v) is 29.7. The van der Waals surface area contributed by atoms with Crippen LogP contribution in [0.2, 0.25) is 0 Å². The first-order valence-corrected chi connectivity index (χ1v) is 18.2. The standard InChI is InChI=1S/C46H40N6O/c1-32-15-14-24-40(48-32)33(2)49-44(53)38-25-26-42-46(39-22-12-13-23-41(39)50-43(38)46)52(31-51(42)37-27-29-47-30-28-37)45(34-16-6-3-7-17-34,35-18-8-4-9-19-35)36-20-10-5-11-21-36/h3-30,33,42,50H,31H2,1-2H3,(H,49,53). The molecule has 3 atom stereocenters. The summed E-state index contributed by atoms with van der Waals surface area (Å²) >= 11 is 0. The average Bonchev–Trinajstić information content (AvgIpc) is 3.75. The van der Waals surface area contributed by atoms with Gasteiger partial charge in [-0.05, 0) is 66.9 Å². The van der Waals surface area contributed by atoms with Crippen LogP contribution in [0.1, 0.15) is 46.6 Å². The number of aromatic nitrogens is 2. The summed E-state index contributed by atoms with van der Waals surface area (Å²) in [7, 11) is 0. The number of nitrogens with zero attached hydrogens (tertiary/aromatic N) is 4. The summed E-state index contributed by atoms with van der Waals surface area (Å²) in [4.78, 5) is 28.9. The maximum absolute atomic E-state index is 14.7. The first-order valence-electron chi connectivity index (χ1n) is 18.2. The van der Waals surface area contributed by atoms with E-state index in [9.17, 15) is 4.79 Å². The first-order chi connectivity index (χ1) is 26.0. The molecule has 1 amide bonds. The van der Waals surface area contributed by atoms with E-state index in [0.29, 0.717) is 12.2 Å². The number of hydrogen-bond acceptors (Lipinski definition) is 6. The Morgan fingerprint density at radius 2 is 1.40 bits per heavy atom. The molecule has 0 radical (unpaired) electrons. The van der Waals surface area contributed by atoms with E-state index in [2.05, 4.69) is 159 Å². The van der Waals surface area contributed by atoms with Crippen LogP contribution in [0.5, 0.6) is 0 Å². The lowest BCUT2D eigenvalue weighted by molar-refractivity contribution is -0.118. The van der Waals surface area contributed by atoms with Crippen LogP contribution >= 0.6 is 0 Å². The molecular formula is C46H40N6O. The quantitative estimate of drug-likeness (QED) is 0.157. The van der Waals surface area contributed by atoms with Crippen LogP contribution in [0.15, 0.2) is 181 Å². The largest absolute Gasteiger partial charge is 0.356 e. The van der Waals surface area contributed by atoms with Gasteiger partial charge in [-0.3, -0.25) is 19.7 Å². The van der Waals surface area contributed by atoms with Gasteiger partial charge in [-0.2, -0.15) is 0 Å². The molecule has 2 aliphatic heterocycles. The monoisotopic (exact) mass is 692 g/mol. The van der Waals surface area contributed by atoms with E-state index in [1.165, 1.54) is 0 Å². The van der Waals surface area contributed by atoms with Crippen molar-refractivity contribution in [3.05, 3.63) is 215 Å².